The fourth-order valence-corrected chi connectivity index (χ4v) is 4.06. The van der Waals surface area contributed by atoms with E-state index < -0.39 is 23.9 Å². The van der Waals surface area contributed by atoms with Crippen LogP contribution in [0.2, 0.25) is 0 Å². The number of hydrogen-bond donors (Lipinski definition) is 2. The first-order chi connectivity index (χ1) is 16.8. The van der Waals surface area contributed by atoms with Gasteiger partial charge in [0.05, 0.1) is 19.3 Å². The maximum atomic E-state index is 12.5. The Balaban J connectivity index is 1.43. The van der Waals surface area contributed by atoms with Crippen LogP contribution in [0.25, 0.3) is 10.8 Å². The van der Waals surface area contributed by atoms with Gasteiger partial charge in [0, 0.05) is 25.3 Å². The molecule has 1 unspecified atom stereocenters. The molecule has 1 fully saturated rings. The largest absolute Gasteiger partial charge is 0.573 e. The average Bonchev–Trinajstić information content (AvgIpc) is 2.85. The molecule has 4 rings (SSSR count). The number of halogens is 3. The molecule has 0 saturated carbocycles. The van der Waals surface area contributed by atoms with E-state index in [0.717, 1.165) is 28.5 Å². The Bertz CT molecular complexity index is 1170. The highest BCUT2D eigenvalue weighted by Crippen LogP contribution is 2.29. The van der Waals surface area contributed by atoms with Gasteiger partial charge in [-0.1, -0.05) is 42.5 Å². The molecular weight excluding hydrogens is 463 g/mol. The van der Waals surface area contributed by atoms with Crippen molar-refractivity contribution in [2.75, 3.05) is 38.2 Å². The summed E-state index contributed by atoms with van der Waals surface area (Å²) in [7, 11) is 0. The third kappa shape index (κ3) is 6.49. The highest BCUT2D eigenvalue weighted by atomic mass is 19.4. The monoisotopic (exact) mass is 487 g/mol. The van der Waals surface area contributed by atoms with E-state index >= 15 is 0 Å². The lowest BCUT2D eigenvalue weighted by Crippen LogP contribution is -2.45. The van der Waals surface area contributed by atoms with Crippen LogP contribution in [0.3, 0.4) is 0 Å². The Kier molecular flexibility index (Phi) is 7.52. The molecule has 7 nitrogen and oxygen atoms in total. The Morgan fingerprint density at radius 3 is 2.34 bits per heavy atom. The SMILES string of the molecule is O=C(NCC(c1cccc2ccccc12)N1CCOCC1)C(=O)Nc1ccc(OC(F)(F)F)cc1. The van der Waals surface area contributed by atoms with E-state index in [0.29, 0.717) is 26.3 Å². The predicted molar refractivity (Wildman–Crippen MR) is 124 cm³/mol. The quantitative estimate of drug-likeness (QED) is 0.516. The van der Waals surface area contributed by atoms with E-state index in [1.165, 1.54) is 12.1 Å². The van der Waals surface area contributed by atoms with Crippen molar-refractivity contribution < 1.29 is 32.2 Å². The third-order valence-electron chi connectivity index (χ3n) is 5.68. The van der Waals surface area contributed by atoms with Crippen molar-refractivity contribution in [2.45, 2.75) is 12.4 Å². The molecule has 3 aromatic carbocycles. The molecule has 1 saturated heterocycles. The molecule has 1 heterocycles. The molecule has 0 aliphatic carbocycles. The van der Waals surface area contributed by atoms with Crippen LogP contribution >= 0.6 is 0 Å². The van der Waals surface area contributed by atoms with Gasteiger partial charge in [-0.05, 0) is 40.6 Å². The number of rotatable bonds is 6. The number of carbonyl (C=O) groups excluding carboxylic acids is 2. The first-order valence-corrected chi connectivity index (χ1v) is 11.0. The number of morpholine rings is 1. The van der Waals surface area contributed by atoms with Crippen LogP contribution in [-0.2, 0) is 14.3 Å². The molecule has 0 aromatic heterocycles. The Morgan fingerprint density at radius 1 is 0.943 bits per heavy atom. The molecule has 0 radical (unpaired) electrons. The molecule has 1 aliphatic heterocycles. The minimum atomic E-state index is -4.81. The summed E-state index contributed by atoms with van der Waals surface area (Å²) < 4.78 is 46.2. The summed E-state index contributed by atoms with van der Waals surface area (Å²) in [6.45, 7) is 2.71. The topological polar surface area (TPSA) is 79.9 Å². The molecule has 10 heteroatoms. The lowest BCUT2D eigenvalue weighted by molar-refractivity contribution is -0.274. The maximum absolute atomic E-state index is 12.5. The highest BCUT2D eigenvalue weighted by Gasteiger charge is 2.31. The number of benzene rings is 3. The average molecular weight is 487 g/mol. The number of nitrogens with zero attached hydrogens (tertiary/aromatic N) is 1. The minimum Gasteiger partial charge on any atom is -0.406 e. The van der Waals surface area contributed by atoms with E-state index in [1.807, 2.05) is 42.5 Å². The summed E-state index contributed by atoms with van der Waals surface area (Å²) in [5, 5.41) is 7.22. The second-order valence-electron chi connectivity index (χ2n) is 7.97. The van der Waals surface area contributed by atoms with Gasteiger partial charge in [0.25, 0.3) is 0 Å². The molecule has 3 aromatic rings. The van der Waals surface area contributed by atoms with Gasteiger partial charge in [-0.2, -0.15) is 0 Å². The summed E-state index contributed by atoms with van der Waals surface area (Å²) in [5.41, 5.74) is 1.20. The number of fused-ring (bicyclic) bond motifs is 1. The molecule has 184 valence electrons. The number of anilines is 1. The second kappa shape index (κ2) is 10.7. The molecule has 1 atom stereocenters. The zero-order chi connectivity index (χ0) is 24.8. The maximum Gasteiger partial charge on any atom is 0.573 e. The van der Waals surface area contributed by atoms with E-state index in [4.69, 9.17) is 4.74 Å². The first-order valence-electron chi connectivity index (χ1n) is 11.0. The molecular formula is C25H24F3N3O4. The van der Waals surface area contributed by atoms with Gasteiger partial charge < -0.3 is 20.1 Å². The third-order valence-corrected chi connectivity index (χ3v) is 5.68. The van der Waals surface area contributed by atoms with Gasteiger partial charge in [-0.15, -0.1) is 13.2 Å². The normalized spacial score (nSPS) is 15.4. The van der Waals surface area contributed by atoms with E-state index in [-0.39, 0.29) is 18.3 Å². The van der Waals surface area contributed by atoms with Crippen molar-refractivity contribution in [3.63, 3.8) is 0 Å². The molecule has 2 N–H and O–H groups in total. The second-order valence-corrected chi connectivity index (χ2v) is 7.97. The van der Waals surface area contributed by atoms with Crippen molar-refractivity contribution in [3.8, 4) is 5.75 Å². The lowest BCUT2D eigenvalue weighted by Gasteiger charge is -2.35. The summed E-state index contributed by atoms with van der Waals surface area (Å²) in [4.78, 5) is 27.2. The number of hydrogen-bond acceptors (Lipinski definition) is 5. The molecule has 0 bridgehead atoms. The van der Waals surface area contributed by atoms with E-state index in [2.05, 4.69) is 20.3 Å². The van der Waals surface area contributed by atoms with Crippen LogP contribution in [0.15, 0.2) is 66.7 Å². The standard InChI is InChI=1S/C25H24F3N3O4/c26-25(27,28)35-19-10-8-18(9-11-19)30-24(33)23(32)29-16-22(31-12-14-34-15-13-31)21-7-3-5-17-4-1-2-6-20(17)21/h1-11,22H,12-16H2,(H,29,32)(H,30,33). The molecule has 2 amide bonds. The fraction of sp³-hybridized carbons (Fsp3) is 0.280. The summed E-state index contributed by atoms with van der Waals surface area (Å²) in [5.74, 6) is -2.20. The summed E-state index contributed by atoms with van der Waals surface area (Å²) >= 11 is 0. The minimum absolute atomic E-state index is 0.165. The number of amides is 2. The van der Waals surface area contributed by atoms with Gasteiger partial charge in [0.2, 0.25) is 0 Å². The molecule has 1 aliphatic rings. The molecule has 0 spiro atoms. The smallest absolute Gasteiger partial charge is 0.406 e. The van der Waals surface area contributed by atoms with E-state index in [9.17, 15) is 22.8 Å². The predicted octanol–water partition coefficient (Wildman–Crippen LogP) is 3.87. The van der Waals surface area contributed by atoms with Gasteiger partial charge >= 0.3 is 18.2 Å². The number of ether oxygens (including phenoxy) is 2. The van der Waals surface area contributed by atoms with Crippen LogP contribution in [-0.4, -0.2) is 55.9 Å². The van der Waals surface area contributed by atoms with Crippen LogP contribution < -0.4 is 15.4 Å². The fourth-order valence-electron chi connectivity index (χ4n) is 4.06. The van der Waals surface area contributed by atoms with Gasteiger partial charge in [-0.25, -0.2) is 0 Å². The van der Waals surface area contributed by atoms with Crippen molar-refractivity contribution in [3.05, 3.63) is 72.3 Å². The molecule has 35 heavy (non-hydrogen) atoms. The van der Waals surface area contributed by atoms with Crippen molar-refractivity contribution in [1.82, 2.24) is 10.2 Å². The lowest BCUT2D eigenvalue weighted by atomic mass is 9.97. The van der Waals surface area contributed by atoms with Gasteiger partial charge in [0.15, 0.2) is 0 Å². The Morgan fingerprint density at radius 2 is 1.63 bits per heavy atom. The van der Waals surface area contributed by atoms with Crippen molar-refractivity contribution in [1.29, 1.82) is 0 Å². The highest BCUT2D eigenvalue weighted by molar-refractivity contribution is 6.39. The van der Waals surface area contributed by atoms with Crippen molar-refractivity contribution >= 4 is 28.3 Å². The Labute approximate surface area is 199 Å². The van der Waals surface area contributed by atoms with Crippen LogP contribution in [0.5, 0.6) is 5.75 Å². The Hall–Kier alpha value is -3.63. The first kappa shape index (κ1) is 24.5. The van der Waals surface area contributed by atoms with E-state index in [1.54, 1.807) is 0 Å². The summed E-state index contributed by atoms with van der Waals surface area (Å²) in [6.07, 6.45) is -4.81. The van der Waals surface area contributed by atoms with Crippen LogP contribution in [0.1, 0.15) is 11.6 Å². The van der Waals surface area contributed by atoms with Gasteiger partial charge in [-0.3, -0.25) is 14.5 Å². The zero-order valence-corrected chi connectivity index (χ0v) is 18.7. The number of carbonyl (C=O) groups is 2. The number of alkyl halides is 3. The number of nitrogens with one attached hydrogen (secondary N) is 2. The summed E-state index contributed by atoms with van der Waals surface area (Å²) in [6, 6.07) is 18.3. The van der Waals surface area contributed by atoms with Gasteiger partial charge in [0.1, 0.15) is 5.75 Å². The van der Waals surface area contributed by atoms with Crippen LogP contribution in [0, 0.1) is 0 Å². The zero-order valence-electron chi connectivity index (χ0n) is 18.7. The van der Waals surface area contributed by atoms with Crippen LogP contribution in [0.4, 0.5) is 18.9 Å². The van der Waals surface area contributed by atoms with Crippen molar-refractivity contribution in [2.24, 2.45) is 0 Å².